The summed E-state index contributed by atoms with van der Waals surface area (Å²) in [6.45, 7) is 0.223. The van der Waals surface area contributed by atoms with Crippen LogP contribution in [0.4, 0.5) is 23.2 Å². The van der Waals surface area contributed by atoms with Crippen molar-refractivity contribution < 1.29 is 22.4 Å². The van der Waals surface area contributed by atoms with Gasteiger partial charge in [-0.3, -0.25) is 9.79 Å². The molecule has 0 heterocycles. The van der Waals surface area contributed by atoms with E-state index in [0.717, 1.165) is 30.5 Å². The Morgan fingerprint density at radius 2 is 1.83 bits per heavy atom. The number of nitrogens with one attached hydrogen (secondary N) is 3. The maximum absolute atomic E-state index is 13.6. The zero-order valence-corrected chi connectivity index (χ0v) is 15.7. The fourth-order valence-electron chi connectivity index (χ4n) is 2.99. The van der Waals surface area contributed by atoms with Gasteiger partial charge in [-0.15, -0.1) is 0 Å². The third kappa shape index (κ3) is 4.85. The van der Waals surface area contributed by atoms with Crippen LogP contribution in [0.15, 0.2) is 41.4 Å². The molecular weight excluding hydrogens is 388 g/mol. The molecule has 1 fully saturated rings. The summed E-state index contributed by atoms with van der Waals surface area (Å²) in [5.74, 6) is -5.09. The summed E-state index contributed by atoms with van der Waals surface area (Å²) >= 11 is 0. The first-order valence-corrected chi connectivity index (χ1v) is 8.98. The Balaban J connectivity index is 1.52. The van der Waals surface area contributed by atoms with Crippen LogP contribution in [0, 0.1) is 23.3 Å². The second-order valence-electron chi connectivity index (χ2n) is 6.84. The second kappa shape index (κ2) is 8.50. The number of hydrogen-bond donors (Lipinski definition) is 3. The van der Waals surface area contributed by atoms with Crippen molar-refractivity contribution in [1.82, 2.24) is 10.6 Å². The van der Waals surface area contributed by atoms with Gasteiger partial charge in [-0.2, -0.15) is 0 Å². The topological polar surface area (TPSA) is 65.5 Å². The number of nitrogens with zero attached hydrogens (tertiary/aromatic N) is 1. The molecule has 0 aromatic heterocycles. The van der Waals surface area contributed by atoms with Crippen molar-refractivity contribution in [1.29, 1.82) is 0 Å². The van der Waals surface area contributed by atoms with E-state index in [4.69, 9.17) is 0 Å². The molecule has 0 spiro atoms. The van der Waals surface area contributed by atoms with E-state index in [9.17, 15) is 22.4 Å². The number of halogens is 4. The molecule has 1 aliphatic rings. The van der Waals surface area contributed by atoms with E-state index in [1.54, 1.807) is 6.07 Å². The minimum atomic E-state index is -1.65. The largest absolute Gasteiger partial charge is 0.356 e. The van der Waals surface area contributed by atoms with Crippen molar-refractivity contribution in [2.45, 2.75) is 18.3 Å². The smallest absolute Gasteiger partial charge is 0.243 e. The normalized spacial score (nSPS) is 15.0. The molecule has 2 aromatic carbocycles. The molecule has 1 amide bonds. The quantitative estimate of drug-likeness (QED) is 0.298. The highest BCUT2D eigenvalue weighted by Crippen LogP contribution is 2.47. The highest BCUT2D eigenvalue weighted by molar-refractivity contribution is 5.95. The van der Waals surface area contributed by atoms with Crippen molar-refractivity contribution in [3.63, 3.8) is 0 Å². The first-order valence-electron chi connectivity index (χ1n) is 8.98. The number of guanidine groups is 1. The Kier molecular flexibility index (Phi) is 6.05. The van der Waals surface area contributed by atoms with Gasteiger partial charge in [-0.25, -0.2) is 17.6 Å². The lowest BCUT2D eigenvalue weighted by Gasteiger charge is -2.19. The molecule has 0 atom stereocenters. The summed E-state index contributed by atoms with van der Waals surface area (Å²) in [7, 11) is 1.52. The van der Waals surface area contributed by atoms with Crippen LogP contribution in [0.2, 0.25) is 0 Å². The number of aliphatic imine (C=N–C) groups is 1. The van der Waals surface area contributed by atoms with E-state index >= 15 is 0 Å². The molecule has 0 bridgehead atoms. The van der Waals surface area contributed by atoms with Crippen molar-refractivity contribution in [2.75, 3.05) is 25.5 Å². The second-order valence-corrected chi connectivity index (χ2v) is 6.84. The maximum atomic E-state index is 13.6. The summed E-state index contributed by atoms with van der Waals surface area (Å²) in [6, 6.07) is 8.10. The lowest BCUT2D eigenvalue weighted by molar-refractivity contribution is -0.115. The molecule has 2 aromatic rings. The van der Waals surface area contributed by atoms with Crippen LogP contribution >= 0.6 is 0 Å². The molecule has 1 aliphatic carbocycles. The lowest BCUT2D eigenvalue weighted by atomic mass is 9.96. The molecule has 0 unspecified atom stereocenters. The Hall–Kier alpha value is -3.10. The van der Waals surface area contributed by atoms with Gasteiger partial charge >= 0.3 is 0 Å². The number of carbonyl (C=O) groups is 1. The van der Waals surface area contributed by atoms with Crippen LogP contribution in [0.5, 0.6) is 0 Å². The van der Waals surface area contributed by atoms with E-state index in [2.05, 4.69) is 20.9 Å². The van der Waals surface area contributed by atoms with Gasteiger partial charge in [0.15, 0.2) is 23.4 Å². The standard InChI is InChI=1S/C20H20F4N4O/c1-25-19(27-11-20(7-8-20)12-3-2-4-13(21)9-12)26-10-16(29)28-15-6-5-14(22)17(23)18(15)24/h2-6,9H,7-8,10-11H2,1H3,(H,28,29)(H2,25,26,27). The van der Waals surface area contributed by atoms with Crippen molar-refractivity contribution >= 4 is 17.6 Å². The predicted molar refractivity (Wildman–Crippen MR) is 102 cm³/mol. The molecule has 0 aliphatic heterocycles. The fourth-order valence-corrected chi connectivity index (χ4v) is 2.99. The van der Waals surface area contributed by atoms with Gasteiger partial charge in [-0.1, -0.05) is 12.1 Å². The maximum Gasteiger partial charge on any atom is 0.243 e. The van der Waals surface area contributed by atoms with Crippen molar-refractivity contribution in [3.05, 3.63) is 65.2 Å². The zero-order chi connectivity index (χ0) is 21.0. The summed E-state index contributed by atoms with van der Waals surface area (Å²) in [6.07, 6.45) is 1.80. The minimum absolute atomic E-state index is 0.184. The summed E-state index contributed by atoms with van der Waals surface area (Å²) < 4.78 is 53.3. The Morgan fingerprint density at radius 1 is 1.07 bits per heavy atom. The van der Waals surface area contributed by atoms with Crippen LogP contribution in [-0.2, 0) is 10.2 Å². The van der Waals surface area contributed by atoms with Crippen LogP contribution < -0.4 is 16.0 Å². The summed E-state index contributed by atoms with van der Waals surface area (Å²) in [5, 5.41) is 8.02. The van der Waals surface area contributed by atoms with E-state index < -0.39 is 29.0 Å². The summed E-state index contributed by atoms with van der Waals surface area (Å²) in [4.78, 5) is 16.0. The van der Waals surface area contributed by atoms with Gasteiger partial charge in [0.2, 0.25) is 5.91 Å². The number of rotatable bonds is 6. The molecule has 3 rings (SSSR count). The Labute approximate surface area is 165 Å². The van der Waals surface area contributed by atoms with Crippen LogP contribution in [0.3, 0.4) is 0 Å². The lowest BCUT2D eigenvalue weighted by Crippen LogP contribution is -2.44. The molecule has 5 nitrogen and oxygen atoms in total. The molecule has 1 saturated carbocycles. The monoisotopic (exact) mass is 408 g/mol. The summed E-state index contributed by atoms with van der Waals surface area (Å²) in [5.41, 5.74) is 0.255. The number of hydrogen-bond acceptors (Lipinski definition) is 2. The molecule has 29 heavy (non-hydrogen) atoms. The number of amides is 1. The third-order valence-corrected chi connectivity index (χ3v) is 4.83. The van der Waals surface area contributed by atoms with Crippen molar-refractivity contribution in [2.24, 2.45) is 4.99 Å². The van der Waals surface area contributed by atoms with E-state index in [1.165, 1.54) is 19.2 Å². The predicted octanol–water partition coefficient (Wildman–Crippen LogP) is 3.08. The molecule has 0 saturated heterocycles. The van der Waals surface area contributed by atoms with Gasteiger partial charge in [0, 0.05) is 19.0 Å². The van der Waals surface area contributed by atoms with Crippen LogP contribution in [0.25, 0.3) is 0 Å². The van der Waals surface area contributed by atoms with Crippen LogP contribution in [-0.4, -0.2) is 32.0 Å². The number of anilines is 1. The third-order valence-electron chi connectivity index (χ3n) is 4.83. The zero-order valence-electron chi connectivity index (χ0n) is 15.7. The average molecular weight is 408 g/mol. The Morgan fingerprint density at radius 3 is 2.48 bits per heavy atom. The van der Waals surface area contributed by atoms with E-state index in [1.807, 2.05) is 6.07 Å². The average Bonchev–Trinajstić information content (AvgIpc) is 3.50. The molecule has 0 radical (unpaired) electrons. The molecule has 154 valence electrons. The van der Waals surface area contributed by atoms with Gasteiger partial charge in [0.25, 0.3) is 0 Å². The highest BCUT2D eigenvalue weighted by atomic mass is 19.2. The van der Waals surface area contributed by atoms with Gasteiger partial charge in [-0.05, 0) is 42.7 Å². The fraction of sp³-hybridized carbons (Fsp3) is 0.300. The highest BCUT2D eigenvalue weighted by Gasteiger charge is 2.44. The van der Waals surface area contributed by atoms with Gasteiger partial charge in [0.05, 0.1) is 12.2 Å². The molecule has 3 N–H and O–H groups in total. The molecule has 9 heteroatoms. The number of benzene rings is 2. The van der Waals surface area contributed by atoms with Gasteiger partial charge < -0.3 is 16.0 Å². The van der Waals surface area contributed by atoms with Crippen LogP contribution in [0.1, 0.15) is 18.4 Å². The first-order chi connectivity index (χ1) is 13.8. The minimum Gasteiger partial charge on any atom is -0.356 e. The first kappa shape index (κ1) is 20.6. The Bertz CT molecular complexity index is 944. The number of carbonyl (C=O) groups excluding carboxylic acids is 1. The molecular formula is C20H20F4N4O. The van der Waals surface area contributed by atoms with E-state index in [-0.39, 0.29) is 17.8 Å². The van der Waals surface area contributed by atoms with Crippen molar-refractivity contribution in [3.8, 4) is 0 Å². The SMILES string of the molecule is CN=C(NCC(=O)Nc1ccc(F)c(F)c1F)NCC1(c2cccc(F)c2)CC1. The van der Waals surface area contributed by atoms with E-state index in [0.29, 0.717) is 12.5 Å². The van der Waals surface area contributed by atoms with Gasteiger partial charge in [0.1, 0.15) is 5.82 Å².